The Bertz CT molecular complexity index is 1240. The van der Waals surface area contributed by atoms with Gasteiger partial charge in [0.15, 0.2) is 11.5 Å². The molecule has 5 heteroatoms. The summed E-state index contributed by atoms with van der Waals surface area (Å²) < 4.78 is 10.9. The van der Waals surface area contributed by atoms with Gasteiger partial charge in [-0.15, -0.1) is 0 Å². The predicted molar refractivity (Wildman–Crippen MR) is 131 cm³/mol. The smallest absolute Gasteiger partial charge is 0.251 e. The Morgan fingerprint density at radius 3 is 2.44 bits per heavy atom. The highest BCUT2D eigenvalue weighted by atomic mass is 16.7. The summed E-state index contributed by atoms with van der Waals surface area (Å²) in [6.45, 7) is 5.00. The topological polar surface area (TPSA) is 64.6 Å². The zero-order valence-electron chi connectivity index (χ0n) is 19.6. The molecule has 3 aromatic carbocycles. The number of aryl methyl sites for hydroxylation is 1. The van der Waals surface area contributed by atoms with Crippen LogP contribution in [0, 0.1) is 6.92 Å². The SMILES string of the molecule is CCCNC(=O)c1ccc(-c2cc(CC(=O)C3(c4ccc5c(c4)OCO5)CC3)ccc2C)cc1. The van der Waals surface area contributed by atoms with Crippen LogP contribution < -0.4 is 14.8 Å². The van der Waals surface area contributed by atoms with Gasteiger partial charge in [-0.05, 0) is 78.3 Å². The third-order valence-electron chi connectivity index (χ3n) is 6.87. The zero-order valence-corrected chi connectivity index (χ0v) is 19.6. The number of carbonyl (C=O) groups is 2. The van der Waals surface area contributed by atoms with Gasteiger partial charge < -0.3 is 14.8 Å². The quantitative estimate of drug-likeness (QED) is 0.496. The Kier molecular flexibility index (Phi) is 5.86. The number of rotatable bonds is 8. The minimum Gasteiger partial charge on any atom is -0.454 e. The lowest BCUT2D eigenvalue weighted by molar-refractivity contribution is -0.120. The van der Waals surface area contributed by atoms with Gasteiger partial charge >= 0.3 is 0 Å². The molecule has 5 nitrogen and oxygen atoms in total. The Morgan fingerprint density at radius 2 is 1.71 bits per heavy atom. The molecule has 1 saturated carbocycles. The molecule has 1 heterocycles. The lowest BCUT2D eigenvalue weighted by Gasteiger charge is -2.16. The molecule has 5 rings (SSSR count). The molecule has 0 bridgehead atoms. The lowest BCUT2D eigenvalue weighted by atomic mass is 9.87. The molecule has 1 amide bonds. The first-order chi connectivity index (χ1) is 16.5. The Morgan fingerprint density at radius 1 is 0.941 bits per heavy atom. The van der Waals surface area contributed by atoms with Gasteiger partial charge in [-0.1, -0.05) is 43.3 Å². The number of nitrogens with one attached hydrogen (secondary N) is 1. The van der Waals surface area contributed by atoms with E-state index in [-0.39, 0.29) is 18.5 Å². The predicted octanol–water partition coefficient (Wildman–Crippen LogP) is 5.37. The van der Waals surface area contributed by atoms with Crippen LogP contribution in [0.25, 0.3) is 11.1 Å². The molecule has 1 aliphatic carbocycles. The molecule has 1 fully saturated rings. The van der Waals surface area contributed by atoms with Gasteiger partial charge in [0.1, 0.15) is 5.78 Å². The minimum atomic E-state index is -0.417. The molecule has 0 aromatic heterocycles. The minimum absolute atomic E-state index is 0.0530. The first kappa shape index (κ1) is 22.2. The van der Waals surface area contributed by atoms with Crippen LogP contribution >= 0.6 is 0 Å². The summed E-state index contributed by atoms with van der Waals surface area (Å²) in [6, 6.07) is 19.7. The normalized spacial score (nSPS) is 15.1. The highest BCUT2D eigenvalue weighted by Gasteiger charge is 2.50. The molecule has 0 atom stereocenters. The van der Waals surface area contributed by atoms with E-state index in [2.05, 4.69) is 24.4 Å². The molecule has 0 unspecified atom stereocenters. The second kappa shape index (κ2) is 8.98. The number of ether oxygens (including phenoxy) is 2. The maximum Gasteiger partial charge on any atom is 0.251 e. The third kappa shape index (κ3) is 4.18. The molecule has 3 aromatic rings. The summed E-state index contributed by atoms with van der Waals surface area (Å²) >= 11 is 0. The van der Waals surface area contributed by atoms with Gasteiger partial charge in [-0.3, -0.25) is 9.59 Å². The largest absolute Gasteiger partial charge is 0.454 e. The Balaban J connectivity index is 1.34. The number of hydrogen-bond acceptors (Lipinski definition) is 4. The molecule has 174 valence electrons. The van der Waals surface area contributed by atoms with Gasteiger partial charge in [0, 0.05) is 18.5 Å². The van der Waals surface area contributed by atoms with Gasteiger partial charge in [0.25, 0.3) is 5.91 Å². The number of benzene rings is 3. The van der Waals surface area contributed by atoms with E-state index in [0.717, 1.165) is 58.6 Å². The molecule has 0 radical (unpaired) electrons. The van der Waals surface area contributed by atoms with Crippen LogP contribution in [-0.2, 0) is 16.6 Å². The zero-order chi connectivity index (χ0) is 23.7. The average Bonchev–Trinajstić information content (AvgIpc) is 3.54. The summed E-state index contributed by atoms with van der Waals surface area (Å²) in [4.78, 5) is 25.6. The number of hydrogen-bond donors (Lipinski definition) is 1. The van der Waals surface area contributed by atoms with Crippen molar-refractivity contribution in [1.82, 2.24) is 5.32 Å². The molecule has 2 aliphatic rings. The van der Waals surface area contributed by atoms with Crippen molar-refractivity contribution in [1.29, 1.82) is 0 Å². The highest BCUT2D eigenvalue weighted by Crippen LogP contribution is 2.51. The van der Waals surface area contributed by atoms with Gasteiger partial charge in [-0.25, -0.2) is 0 Å². The van der Waals surface area contributed by atoms with Crippen molar-refractivity contribution in [3.8, 4) is 22.6 Å². The van der Waals surface area contributed by atoms with E-state index < -0.39 is 5.41 Å². The fourth-order valence-corrected chi connectivity index (χ4v) is 4.63. The molecular formula is C29H29NO4. The van der Waals surface area contributed by atoms with E-state index in [4.69, 9.17) is 9.47 Å². The summed E-state index contributed by atoms with van der Waals surface area (Å²) in [5.74, 6) is 1.65. The first-order valence-corrected chi connectivity index (χ1v) is 11.9. The number of ketones is 1. The van der Waals surface area contributed by atoms with Crippen molar-refractivity contribution in [3.05, 3.63) is 82.9 Å². The van der Waals surface area contributed by atoms with E-state index in [0.29, 0.717) is 18.5 Å². The van der Waals surface area contributed by atoms with Crippen molar-refractivity contribution in [2.24, 2.45) is 0 Å². The van der Waals surface area contributed by atoms with E-state index >= 15 is 0 Å². The maximum atomic E-state index is 13.4. The second-order valence-corrected chi connectivity index (χ2v) is 9.23. The number of amides is 1. The maximum absolute atomic E-state index is 13.4. The van der Waals surface area contributed by atoms with E-state index in [1.807, 2.05) is 55.5 Å². The van der Waals surface area contributed by atoms with Gasteiger partial charge in [-0.2, -0.15) is 0 Å². The molecular weight excluding hydrogens is 426 g/mol. The van der Waals surface area contributed by atoms with Gasteiger partial charge in [0.05, 0.1) is 5.41 Å². The standard InChI is InChI=1S/C29H29NO4/c1-3-14-30-28(32)22-8-6-21(7-9-22)24-15-20(5-4-19(24)2)16-27(31)29(12-13-29)23-10-11-25-26(17-23)34-18-33-25/h4-11,15,17H,3,12-14,16,18H2,1-2H3,(H,30,32). The summed E-state index contributed by atoms with van der Waals surface area (Å²) in [5.41, 5.74) is 5.51. The Labute approximate surface area is 200 Å². The van der Waals surface area contributed by atoms with Crippen LogP contribution in [0.5, 0.6) is 11.5 Å². The van der Waals surface area contributed by atoms with Crippen LogP contribution in [-0.4, -0.2) is 25.0 Å². The molecule has 0 saturated heterocycles. The summed E-state index contributed by atoms with van der Waals surface area (Å²) in [6.07, 6.45) is 3.03. The fourth-order valence-electron chi connectivity index (χ4n) is 4.63. The van der Waals surface area contributed by atoms with Crippen molar-refractivity contribution in [3.63, 3.8) is 0 Å². The highest BCUT2D eigenvalue weighted by molar-refractivity contribution is 5.95. The van der Waals surface area contributed by atoms with Crippen LogP contribution in [0.3, 0.4) is 0 Å². The number of Topliss-reactive ketones (excluding diaryl/α,β-unsaturated/α-hetero) is 1. The van der Waals surface area contributed by atoms with Crippen LogP contribution in [0.4, 0.5) is 0 Å². The van der Waals surface area contributed by atoms with E-state index in [1.54, 1.807) is 0 Å². The van der Waals surface area contributed by atoms with Crippen molar-refractivity contribution in [2.75, 3.05) is 13.3 Å². The van der Waals surface area contributed by atoms with E-state index in [9.17, 15) is 9.59 Å². The molecule has 1 aliphatic heterocycles. The van der Waals surface area contributed by atoms with Gasteiger partial charge in [0.2, 0.25) is 6.79 Å². The third-order valence-corrected chi connectivity index (χ3v) is 6.87. The number of carbonyl (C=O) groups excluding carboxylic acids is 2. The Hall–Kier alpha value is -3.60. The van der Waals surface area contributed by atoms with Crippen molar-refractivity contribution < 1.29 is 19.1 Å². The van der Waals surface area contributed by atoms with Crippen LogP contribution in [0.2, 0.25) is 0 Å². The molecule has 34 heavy (non-hydrogen) atoms. The summed E-state index contributed by atoms with van der Waals surface area (Å²) in [7, 11) is 0. The molecule has 1 N–H and O–H groups in total. The fraction of sp³-hybridized carbons (Fsp3) is 0.310. The van der Waals surface area contributed by atoms with Crippen LogP contribution in [0.15, 0.2) is 60.7 Å². The number of fused-ring (bicyclic) bond motifs is 1. The van der Waals surface area contributed by atoms with E-state index in [1.165, 1.54) is 0 Å². The average molecular weight is 456 g/mol. The summed E-state index contributed by atoms with van der Waals surface area (Å²) in [5, 5.41) is 2.91. The van der Waals surface area contributed by atoms with Crippen molar-refractivity contribution in [2.45, 2.75) is 44.9 Å². The monoisotopic (exact) mass is 455 g/mol. The second-order valence-electron chi connectivity index (χ2n) is 9.23. The van der Waals surface area contributed by atoms with Crippen LogP contribution in [0.1, 0.15) is 53.2 Å². The first-order valence-electron chi connectivity index (χ1n) is 11.9. The lowest BCUT2D eigenvalue weighted by Crippen LogP contribution is -2.23. The molecule has 0 spiro atoms. The van der Waals surface area contributed by atoms with Crippen molar-refractivity contribution >= 4 is 11.7 Å².